The van der Waals surface area contributed by atoms with Gasteiger partial charge in [0.05, 0.1) is 18.7 Å². The van der Waals surface area contributed by atoms with E-state index in [4.69, 9.17) is 5.26 Å². The Morgan fingerprint density at radius 2 is 2.53 bits per heavy atom. The van der Waals surface area contributed by atoms with Gasteiger partial charge in [-0.25, -0.2) is 9.67 Å². The molecular weight excluding hydrogens is 190 g/mol. The van der Waals surface area contributed by atoms with Crippen molar-refractivity contribution in [2.45, 2.75) is 38.9 Å². The van der Waals surface area contributed by atoms with Gasteiger partial charge < -0.3 is 0 Å². The van der Waals surface area contributed by atoms with Gasteiger partial charge in [-0.1, -0.05) is 0 Å². The maximum absolute atomic E-state index is 8.96. The fourth-order valence-corrected chi connectivity index (χ4v) is 2.02. The van der Waals surface area contributed by atoms with Gasteiger partial charge >= 0.3 is 0 Å². The fraction of sp³-hybridized carbons (Fsp3) is 0.700. The number of hydrogen-bond donors (Lipinski definition) is 0. The van der Waals surface area contributed by atoms with E-state index in [1.165, 1.54) is 0 Å². The first-order chi connectivity index (χ1) is 7.35. The Morgan fingerprint density at radius 3 is 3.27 bits per heavy atom. The second-order valence-electron chi connectivity index (χ2n) is 3.75. The molecule has 1 aromatic heterocycles. The van der Waals surface area contributed by atoms with Crippen molar-refractivity contribution < 1.29 is 0 Å². The first kappa shape index (κ1) is 10.1. The second-order valence-corrected chi connectivity index (χ2v) is 3.75. The molecule has 0 aromatic carbocycles. The molecule has 1 atom stereocenters. The molecule has 0 radical (unpaired) electrons. The predicted molar refractivity (Wildman–Crippen MR) is 54.7 cm³/mol. The zero-order chi connectivity index (χ0) is 10.7. The molecule has 1 fully saturated rings. The molecule has 1 unspecified atom stereocenters. The summed E-state index contributed by atoms with van der Waals surface area (Å²) in [4.78, 5) is 6.40. The lowest BCUT2D eigenvalue weighted by atomic mass is 10.2. The molecule has 0 saturated carbocycles. The van der Waals surface area contributed by atoms with E-state index in [-0.39, 0.29) is 6.04 Å². The molecule has 5 nitrogen and oxygen atoms in total. The van der Waals surface area contributed by atoms with Crippen molar-refractivity contribution in [3.05, 3.63) is 12.2 Å². The molecule has 2 rings (SSSR count). The minimum atomic E-state index is 0.0620. The number of rotatable bonds is 3. The summed E-state index contributed by atoms with van der Waals surface area (Å²) < 4.78 is 1.88. The first-order valence-corrected chi connectivity index (χ1v) is 5.35. The van der Waals surface area contributed by atoms with Gasteiger partial charge in [0.1, 0.15) is 12.2 Å². The molecule has 0 bridgehead atoms. The molecule has 1 aliphatic rings. The molecule has 1 aliphatic heterocycles. The number of likely N-dealkylation sites (tertiary alicyclic amines) is 1. The van der Waals surface area contributed by atoms with Gasteiger partial charge in [-0.15, -0.1) is 0 Å². The van der Waals surface area contributed by atoms with Crippen LogP contribution in [-0.2, 0) is 13.1 Å². The second kappa shape index (κ2) is 4.41. The summed E-state index contributed by atoms with van der Waals surface area (Å²) >= 11 is 0. The van der Waals surface area contributed by atoms with Crippen LogP contribution in [0, 0.1) is 11.3 Å². The molecule has 0 N–H and O–H groups in total. The maximum Gasteiger partial charge on any atom is 0.141 e. The van der Waals surface area contributed by atoms with Crippen LogP contribution < -0.4 is 0 Å². The molecule has 1 aromatic rings. The average molecular weight is 205 g/mol. The van der Waals surface area contributed by atoms with Crippen LogP contribution >= 0.6 is 0 Å². The lowest BCUT2D eigenvalue weighted by molar-refractivity contribution is 0.273. The quantitative estimate of drug-likeness (QED) is 0.732. The highest BCUT2D eigenvalue weighted by atomic mass is 15.3. The van der Waals surface area contributed by atoms with Crippen LogP contribution in [-0.4, -0.2) is 32.3 Å². The smallest absolute Gasteiger partial charge is 0.141 e. The van der Waals surface area contributed by atoms with Gasteiger partial charge in [0.25, 0.3) is 0 Å². The van der Waals surface area contributed by atoms with E-state index >= 15 is 0 Å². The topological polar surface area (TPSA) is 57.7 Å². The van der Waals surface area contributed by atoms with Crippen LogP contribution in [0.25, 0.3) is 0 Å². The van der Waals surface area contributed by atoms with Crippen LogP contribution in [0.2, 0.25) is 0 Å². The van der Waals surface area contributed by atoms with Gasteiger partial charge in [-0.3, -0.25) is 4.90 Å². The molecule has 0 amide bonds. The van der Waals surface area contributed by atoms with Crippen LogP contribution in [0.3, 0.4) is 0 Å². The first-order valence-electron chi connectivity index (χ1n) is 5.35. The Morgan fingerprint density at radius 1 is 1.67 bits per heavy atom. The van der Waals surface area contributed by atoms with Crippen molar-refractivity contribution in [3.8, 4) is 6.07 Å². The summed E-state index contributed by atoms with van der Waals surface area (Å²) in [6, 6.07) is 2.39. The number of aryl methyl sites for hydroxylation is 1. The summed E-state index contributed by atoms with van der Waals surface area (Å²) in [7, 11) is 0. The Balaban J connectivity index is 2.05. The Bertz CT molecular complexity index is 364. The molecule has 80 valence electrons. The summed E-state index contributed by atoms with van der Waals surface area (Å²) in [5, 5.41) is 13.1. The highest BCUT2D eigenvalue weighted by molar-refractivity contribution is 4.98. The normalized spacial score (nSPS) is 21.7. The maximum atomic E-state index is 8.96. The SMILES string of the molecule is CCn1ncnc1CN1CCCC1C#N. The van der Waals surface area contributed by atoms with Crippen LogP contribution in [0.5, 0.6) is 0 Å². The average Bonchev–Trinajstić information content (AvgIpc) is 2.87. The lowest BCUT2D eigenvalue weighted by Crippen LogP contribution is -2.29. The molecule has 0 aliphatic carbocycles. The summed E-state index contributed by atoms with van der Waals surface area (Å²) in [6.45, 7) is 4.62. The highest BCUT2D eigenvalue weighted by Gasteiger charge is 2.25. The van der Waals surface area contributed by atoms with Crippen molar-refractivity contribution in [3.63, 3.8) is 0 Å². The third kappa shape index (κ3) is 2.00. The van der Waals surface area contributed by atoms with Crippen LogP contribution in [0.1, 0.15) is 25.6 Å². The molecule has 2 heterocycles. The minimum Gasteiger partial charge on any atom is -0.281 e. The number of aromatic nitrogens is 3. The summed E-state index contributed by atoms with van der Waals surface area (Å²) in [6.07, 6.45) is 3.67. The van der Waals surface area contributed by atoms with Gasteiger partial charge in [0.15, 0.2) is 0 Å². The number of nitriles is 1. The standard InChI is InChI=1S/C10H15N5/c1-2-15-10(12-8-13-15)7-14-5-3-4-9(14)6-11/h8-9H,2-5,7H2,1H3. The molecular formula is C10H15N5. The van der Waals surface area contributed by atoms with Crippen molar-refractivity contribution in [2.75, 3.05) is 6.54 Å². The monoisotopic (exact) mass is 205 g/mol. The number of nitrogens with zero attached hydrogens (tertiary/aromatic N) is 5. The molecule has 0 spiro atoms. The van der Waals surface area contributed by atoms with Crippen LogP contribution in [0.15, 0.2) is 6.33 Å². The third-order valence-electron chi connectivity index (χ3n) is 2.85. The van der Waals surface area contributed by atoms with E-state index in [1.54, 1.807) is 6.33 Å². The molecule has 5 heteroatoms. The summed E-state index contributed by atoms with van der Waals surface area (Å²) in [5.41, 5.74) is 0. The Hall–Kier alpha value is -1.41. The predicted octanol–water partition coefficient (Wildman–Crippen LogP) is 0.786. The summed E-state index contributed by atoms with van der Waals surface area (Å²) in [5.74, 6) is 0.958. The molecule has 1 saturated heterocycles. The number of hydrogen-bond acceptors (Lipinski definition) is 4. The van der Waals surface area contributed by atoms with E-state index in [2.05, 4.69) is 21.1 Å². The fourth-order valence-electron chi connectivity index (χ4n) is 2.02. The van der Waals surface area contributed by atoms with Crippen molar-refractivity contribution in [1.29, 1.82) is 5.26 Å². The zero-order valence-electron chi connectivity index (χ0n) is 8.93. The molecule has 15 heavy (non-hydrogen) atoms. The Labute approximate surface area is 89.3 Å². The minimum absolute atomic E-state index is 0.0620. The van der Waals surface area contributed by atoms with E-state index in [1.807, 2.05) is 11.6 Å². The van der Waals surface area contributed by atoms with Crippen molar-refractivity contribution in [2.24, 2.45) is 0 Å². The lowest BCUT2D eigenvalue weighted by Gasteiger charge is -2.18. The van der Waals surface area contributed by atoms with E-state index in [0.717, 1.165) is 38.3 Å². The van der Waals surface area contributed by atoms with E-state index < -0.39 is 0 Å². The third-order valence-corrected chi connectivity index (χ3v) is 2.85. The van der Waals surface area contributed by atoms with Gasteiger partial charge in [-0.2, -0.15) is 10.4 Å². The Kier molecular flexibility index (Phi) is 2.97. The van der Waals surface area contributed by atoms with Crippen molar-refractivity contribution >= 4 is 0 Å². The van der Waals surface area contributed by atoms with Crippen molar-refractivity contribution in [1.82, 2.24) is 19.7 Å². The van der Waals surface area contributed by atoms with Gasteiger partial charge in [-0.05, 0) is 26.3 Å². The zero-order valence-corrected chi connectivity index (χ0v) is 8.93. The highest BCUT2D eigenvalue weighted by Crippen LogP contribution is 2.18. The van der Waals surface area contributed by atoms with E-state index in [9.17, 15) is 0 Å². The largest absolute Gasteiger partial charge is 0.281 e. The van der Waals surface area contributed by atoms with E-state index in [0.29, 0.717) is 0 Å². The van der Waals surface area contributed by atoms with Gasteiger partial charge in [0, 0.05) is 6.54 Å². The van der Waals surface area contributed by atoms with Crippen LogP contribution in [0.4, 0.5) is 0 Å². The van der Waals surface area contributed by atoms with Gasteiger partial charge in [0.2, 0.25) is 0 Å².